The molecule has 0 unspecified atom stereocenters. The van der Waals surface area contributed by atoms with Gasteiger partial charge in [-0.15, -0.1) is 24.8 Å². The molecular weight excluding hydrogens is 275 g/mol. The predicted molar refractivity (Wildman–Crippen MR) is 73.9 cm³/mol. The highest BCUT2D eigenvalue weighted by Gasteiger charge is 2.43. The van der Waals surface area contributed by atoms with Crippen LogP contribution in [-0.4, -0.2) is 36.4 Å². The van der Waals surface area contributed by atoms with Crippen LogP contribution in [0.3, 0.4) is 0 Å². The lowest BCUT2D eigenvalue weighted by atomic mass is 9.98. The van der Waals surface area contributed by atoms with Gasteiger partial charge in [-0.05, 0) is 25.1 Å². The van der Waals surface area contributed by atoms with E-state index in [0.717, 1.165) is 31.7 Å². The van der Waals surface area contributed by atoms with Gasteiger partial charge in [-0.25, -0.2) is 0 Å². The SMILES string of the molecule is Cl.Cl.c1cncc(O[C@@H]2CO[C@@]3(CCNC3)C2)c1. The Kier molecular flexibility index (Phi) is 5.66. The van der Waals surface area contributed by atoms with Crippen LogP contribution in [-0.2, 0) is 4.74 Å². The Morgan fingerprint density at radius 2 is 2.33 bits per heavy atom. The topological polar surface area (TPSA) is 43.4 Å². The molecule has 1 aromatic rings. The van der Waals surface area contributed by atoms with Gasteiger partial charge in [-0.1, -0.05) is 0 Å². The summed E-state index contributed by atoms with van der Waals surface area (Å²) in [6.07, 6.45) is 5.75. The molecule has 1 spiro atoms. The van der Waals surface area contributed by atoms with Crippen molar-refractivity contribution in [3.05, 3.63) is 24.5 Å². The number of pyridine rings is 1. The number of nitrogens with one attached hydrogen (secondary N) is 1. The molecule has 0 saturated carbocycles. The second-order valence-electron chi connectivity index (χ2n) is 4.55. The number of ether oxygens (including phenoxy) is 2. The fourth-order valence-electron chi connectivity index (χ4n) is 2.51. The first-order valence-corrected chi connectivity index (χ1v) is 5.78. The Hall–Kier alpha value is -0.550. The first-order chi connectivity index (χ1) is 7.86. The van der Waals surface area contributed by atoms with Gasteiger partial charge in [0.2, 0.25) is 0 Å². The van der Waals surface area contributed by atoms with Crippen LogP contribution in [0.5, 0.6) is 5.75 Å². The van der Waals surface area contributed by atoms with Gasteiger partial charge >= 0.3 is 0 Å². The molecule has 102 valence electrons. The molecule has 1 N–H and O–H groups in total. The molecule has 4 nitrogen and oxygen atoms in total. The molecule has 2 aliphatic heterocycles. The molecule has 18 heavy (non-hydrogen) atoms. The van der Waals surface area contributed by atoms with Gasteiger partial charge in [0.25, 0.3) is 0 Å². The van der Waals surface area contributed by atoms with Crippen LogP contribution in [0.2, 0.25) is 0 Å². The zero-order valence-electron chi connectivity index (χ0n) is 10.0. The highest BCUT2D eigenvalue weighted by molar-refractivity contribution is 5.85. The lowest BCUT2D eigenvalue weighted by Crippen LogP contribution is -2.31. The van der Waals surface area contributed by atoms with E-state index in [1.807, 2.05) is 12.1 Å². The molecule has 2 atom stereocenters. The zero-order chi connectivity index (χ0) is 10.8. The zero-order valence-corrected chi connectivity index (χ0v) is 11.6. The van der Waals surface area contributed by atoms with Gasteiger partial charge in [0.15, 0.2) is 0 Å². The van der Waals surface area contributed by atoms with Gasteiger partial charge in [0.05, 0.1) is 18.4 Å². The Labute approximate surface area is 119 Å². The fourth-order valence-corrected chi connectivity index (χ4v) is 2.51. The van der Waals surface area contributed by atoms with Gasteiger partial charge in [-0.2, -0.15) is 0 Å². The summed E-state index contributed by atoms with van der Waals surface area (Å²) in [4.78, 5) is 4.04. The molecule has 2 saturated heterocycles. The van der Waals surface area contributed by atoms with Crippen LogP contribution in [0.1, 0.15) is 12.8 Å². The number of nitrogens with zero attached hydrogens (tertiary/aromatic N) is 1. The van der Waals surface area contributed by atoms with Crippen molar-refractivity contribution in [2.24, 2.45) is 0 Å². The Balaban J connectivity index is 0.000000810. The number of aromatic nitrogens is 1. The van der Waals surface area contributed by atoms with Crippen LogP contribution in [0, 0.1) is 0 Å². The highest BCUT2D eigenvalue weighted by atomic mass is 35.5. The van der Waals surface area contributed by atoms with Crippen molar-refractivity contribution < 1.29 is 9.47 Å². The molecule has 2 fully saturated rings. The normalized spacial score (nSPS) is 29.7. The monoisotopic (exact) mass is 292 g/mol. The minimum atomic E-state index is 0. The van der Waals surface area contributed by atoms with E-state index in [2.05, 4.69) is 10.3 Å². The van der Waals surface area contributed by atoms with E-state index in [0.29, 0.717) is 6.61 Å². The maximum atomic E-state index is 5.88. The van der Waals surface area contributed by atoms with Crippen molar-refractivity contribution in [2.45, 2.75) is 24.5 Å². The molecule has 6 heteroatoms. The molecule has 0 bridgehead atoms. The fraction of sp³-hybridized carbons (Fsp3) is 0.583. The first-order valence-electron chi connectivity index (χ1n) is 5.78. The summed E-state index contributed by atoms with van der Waals surface area (Å²) in [5.41, 5.74) is 0.0346. The van der Waals surface area contributed by atoms with Gasteiger partial charge in [0, 0.05) is 19.2 Å². The molecule has 3 heterocycles. The van der Waals surface area contributed by atoms with E-state index in [-0.39, 0.29) is 36.5 Å². The Bertz CT molecular complexity index is 358. The minimum absolute atomic E-state index is 0. The van der Waals surface area contributed by atoms with Crippen molar-refractivity contribution in [1.29, 1.82) is 0 Å². The van der Waals surface area contributed by atoms with Crippen LogP contribution in [0.25, 0.3) is 0 Å². The molecule has 0 radical (unpaired) electrons. The van der Waals surface area contributed by atoms with Gasteiger partial charge in [-0.3, -0.25) is 4.98 Å². The maximum Gasteiger partial charge on any atom is 0.138 e. The van der Waals surface area contributed by atoms with Gasteiger partial charge in [0.1, 0.15) is 11.9 Å². The smallest absolute Gasteiger partial charge is 0.138 e. The van der Waals surface area contributed by atoms with Crippen LogP contribution >= 0.6 is 24.8 Å². The Morgan fingerprint density at radius 3 is 3.00 bits per heavy atom. The summed E-state index contributed by atoms with van der Waals surface area (Å²) >= 11 is 0. The summed E-state index contributed by atoms with van der Waals surface area (Å²) in [7, 11) is 0. The average Bonchev–Trinajstić information content (AvgIpc) is 2.92. The van der Waals surface area contributed by atoms with Crippen molar-refractivity contribution in [2.75, 3.05) is 19.7 Å². The van der Waals surface area contributed by atoms with E-state index in [1.54, 1.807) is 12.4 Å². The number of rotatable bonds is 2. The third-order valence-electron chi connectivity index (χ3n) is 3.32. The second-order valence-corrected chi connectivity index (χ2v) is 4.55. The third kappa shape index (κ3) is 3.26. The lowest BCUT2D eigenvalue weighted by molar-refractivity contribution is 0.0182. The summed E-state index contributed by atoms with van der Waals surface area (Å²) in [5, 5.41) is 3.35. The van der Waals surface area contributed by atoms with E-state index in [9.17, 15) is 0 Å². The molecule has 3 rings (SSSR count). The minimum Gasteiger partial charge on any atom is -0.486 e. The van der Waals surface area contributed by atoms with Crippen LogP contribution in [0.15, 0.2) is 24.5 Å². The lowest BCUT2D eigenvalue weighted by Gasteiger charge is -2.20. The van der Waals surface area contributed by atoms with Crippen molar-refractivity contribution in [1.82, 2.24) is 10.3 Å². The molecule has 0 aliphatic carbocycles. The molecular formula is C12H18Cl2N2O2. The Morgan fingerprint density at radius 1 is 1.44 bits per heavy atom. The summed E-state index contributed by atoms with van der Waals surface area (Å²) in [6, 6.07) is 3.82. The molecule has 0 aromatic carbocycles. The van der Waals surface area contributed by atoms with Crippen molar-refractivity contribution >= 4 is 24.8 Å². The van der Waals surface area contributed by atoms with E-state index in [4.69, 9.17) is 9.47 Å². The van der Waals surface area contributed by atoms with Gasteiger partial charge < -0.3 is 14.8 Å². The summed E-state index contributed by atoms with van der Waals surface area (Å²) in [5.74, 6) is 0.833. The largest absolute Gasteiger partial charge is 0.486 e. The standard InChI is InChI=1S/C12H16N2O2.2ClH/c1-2-10(7-13-4-1)16-11-6-12(15-8-11)3-5-14-9-12;;/h1-2,4,7,11,14H,3,5-6,8-9H2;2*1H/t11-,12-;;/m0../s1. The average molecular weight is 293 g/mol. The molecule has 2 aliphatic rings. The third-order valence-corrected chi connectivity index (χ3v) is 3.32. The van der Waals surface area contributed by atoms with Crippen LogP contribution < -0.4 is 10.1 Å². The molecule has 1 aromatic heterocycles. The van der Waals surface area contributed by atoms with Crippen molar-refractivity contribution in [3.63, 3.8) is 0 Å². The first kappa shape index (κ1) is 15.5. The van der Waals surface area contributed by atoms with Crippen molar-refractivity contribution in [3.8, 4) is 5.75 Å². The van der Waals surface area contributed by atoms with E-state index < -0.39 is 0 Å². The second kappa shape index (κ2) is 6.57. The van der Waals surface area contributed by atoms with E-state index in [1.165, 1.54) is 0 Å². The quantitative estimate of drug-likeness (QED) is 0.903. The van der Waals surface area contributed by atoms with E-state index >= 15 is 0 Å². The number of halogens is 2. The predicted octanol–water partition coefficient (Wildman–Crippen LogP) is 1.82. The number of hydrogen-bond acceptors (Lipinski definition) is 4. The van der Waals surface area contributed by atoms with Crippen LogP contribution in [0.4, 0.5) is 0 Å². The number of hydrogen-bond donors (Lipinski definition) is 1. The highest BCUT2D eigenvalue weighted by Crippen LogP contribution is 2.33. The summed E-state index contributed by atoms with van der Waals surface area (Å²) < 4.78 is 11.7. The molecule has 0 amide bonds. The maximum absolute atomic E-state index is 5.88. The summed E-state index contributed by atoms with van der Waals surface area (Å²) in [6.45, 7) is 2.70.